The Kier molecular flexibility index (Phi) is 4.59. The van der Waals surface area contributed by atoms with E-state index in [0.29, 0.717) is 13.1 Å². The van der Waals surface area contributed by atoms with Gasteiger partial charge in [-0.25, -0.2) is 4.98 Å². The summed E-state index contributed by atoms with van der Waals surface area (Å²) in [5.41, 5.74) is -1.88. The van der Waals surface area contributed by atoms with Gasteiger partial charge >= 0.3 is 12.1 Å². The first-order valence-electron chi connectivity index (χ1n) is 9.16. The van der Waals surface area contributed by atoms with Gasteiger partial charge in [0.05, 0.1) is 22.7 Å². The van der Waals surface area contributed by atoms with E-state index in [-0.39, 0.29) is 42.4 Å². The topological polar surface area (TPSA) is 101 Å². The molecular weight excluding hydrogens is 413 g/mol. The van der Waals surface area contributed by atoms with Crippen LogP contribution in [0.5, 0.6) is 0 Å². The molecule has 4 rings (SSSR count). The van der Waals surface area contributed by atoms with Crippen molar-refractivity contribution in [2.75, 3.05) is 29.4 Å². The SMILES string of the molecule is CC1C(O)CN1c1nc(N2CC3C(CC(=O)O)C3C2)c(Cl)c(C(F)(F)F)c1C#N. The first-order chi connectivity index (χ1) is 13.5. The summed E-state index contributed by atoms with van der Waals surface area (Å²) in [6, 6.07) is 1.11. The standard InChI is InChI=1S/C18H18ClF3N4O3/c1-7-12(27)6-26(7)16-9(3-23)14(18(20,21)22)15(19)17(24-16)25-4-10-8(2-13(28)29)11(10)5-25/h7-8,10-12,27H,2,4-6H2,1H3,(H,28,29). The molecule has 3 aliphatic rings. The molecule has 1 saturated carbocycles. The van der Waals surface area contributed by atoms with Crippen LogP contribution in [0.2, 0.25) is 5.02 Å². The molecule has 4 atom stereocenters. The zero-order valence-electron chi connectivity index (χ0n) is 15.3. The third-order valence-electron chi connectivity index (χ3n) is 6.28. The maximum Gasteiger partial charge on any atom is 0.419 e. The van der Waals surface area contributed by atoms with Crippen LogP contribution in [-0.4, -0.2) is 52.9 Å². The molecule has 1 aromatic rings. The van der Waals surface area contributed by atoms with E-state index < -0.39 is 40.4 Å². The van der Waals surface area contributed by atoms with Crippen molar-refractivity contribution in [2.24, 2.45) is 17.8 Å². The predicted molar refractivity (Wildman–Crippen MR) is 96.7 cm³/mol. The Morgan fingerprint density at radius 2 is 1.93 bits per heavy atom. The number of hydrogen-bond acceptors (Lipinski definition) is 6. The number of carboxylic acids is 1. The summed E-state index contributed by atoms with van der Waals surface area (Å²) in [7, 11) is 0. The number of fused-ring (bicyclic) bond motifs is 1. The number of carboxylic acid groups (broad SMARTS) is 1. The van der Waals surface area contributed by atoms with E-state index in [9.17, 15) is 28.3 Å². The van der Waals surface area contributed by atoms with Crippen molar-refractivity contribution in [2.45, 2.75) is 31.7 Å². The van der Waals surface area contributed by atoms with Gasteiger partial charge < -0.3 is 20.0 Å². The van der Waals surface area contributed by atoms with E-state index in [1.54, 1.807) is 17.9 Å². The van der Waals surface area contributed by atoms with Gasteiger partial charge in [0.1, 0.15) is 17.5 Å². The van der Waals surface area contributed by atoms with Gasteiger partial charge in [-0.1, -0.05) is 11.6 Å². The lowest BCUT2D eigenvalue weighted by molar-refractivity contribution is -0.138. The molecule has 0 bridgehead atoms. The van der Waals surface area contributed by atoms with E-state index in [0.717, 1.165) is 0 Å². The second-order valence-electron chi connectivity index (χ2n) is 7.89. The molecule has 11 heteroatoms. The van der Waals surface area contributed by atoms with Crippen LogP contribution in [0.3, 0.4) is 0 Å². The van der Waals surface area contributed by atoms with Crippen LogP contribution in [0.15, 0.2) is 0 Å². The van der Waals surface area contributed by atoms with E-state index in [1.165, 1.54) is 4.90 Å². The Hall–Kier alpha value is -2.25. The summed E-state index contributed by atoms with van der Waals surface area (Å²) >= 11 is 6.11. The maximum absolute atomic E-state index is 13.8. The lowest BCUT2D eigenvalue weighted by Crippen LogP contribution is -2.59. The third kappa shape index (κ3) is 3.16. The highest BCUT2D eigenvalue weighted by Gasteiger charge is 2.57. The molecule has 29 heavy (non-hydrogen) atoms. The number of nitrogens with zero attached hydrogens (tertiary/aromatic N) is 4. The quantitative estimate of drug-likeness (QED) is 0.756. The predicted octanol–water partition coefficient (Wildman–Crippen LogP) is 2.35. The molecule has 0 amide bonds. The Bertz CT molecular complexity index is 907. The maximum atomic E-state index is 13.8. The van der Waals surface area contributed by atoms with Gasteiger partial charge in [0, 0.05) is 26.1 Å². The molecule has 2 saturated heterocycles. The number of hydrogen-bond donors (Lipinski definition) is 2. The monoisotopic (exact) mass is 430 g/mol. The van der Waals surface area contributed by atoms with Crippen molar-refractivity contribution in [3.63, 3.8) is 0 Å². The molecule has 7 nitrogen and oxygen atoms in total. The molecule has 156 valence electrons. The molecule has 2 aliphatic heterocycles. The molecule has 4 unspecified atom stereocenters. The minimum Gasteiger partial charge on any atom is -0.481 e. The molecule has 3 fully saturated rings. The average Bonchev–Trinajstić information content (AvgIpc) is 3.06. The summed E-state index contributed by atoms with van der Waals surface area (Å²) in [4.78, 5) is 18.3. The van der Waals surface area contributed by atoms with Crippen molar-refractivity contribution in [1.82, 2.24) is 4.98 Å². The Morgan fingerprint density at radius 3 is 2.38 bits per heavy atom. The second kappa shape index (κ2) is 6.64. The first kappa shape index (κ1) is 20.0. The number of aliphatic carboxylic acids is 1. The van der Waals surface area contributed by atoms with Crippen LogP contribution in [0.1, 0.15) is 24.5 Å². The van der Waals surface area contributed by atoms with Crippen molar-refractivity contribution < 1.29 is 28.2 Å². The number of halogens is 4. The van der Waals surface area contributed by atoms with Crippen LogP contribution in [-0.2, 0) is 11.0 Å². The molecule has 2 N–H and O–H groups in total. The normalized spacial score (nSPS) is 30.6. The fourth-order valence-electron chi connectivity index (χ4n) is 4.52. The number of piperidine rings is 1. The number of pyridine rings is 1. The van der Waals surface area contributed by atoms with Crippen LogP contribution in [0.25, 0.3) is 0 Å². The molecule has 1 aliphatic carbocycles. The minimum atomic E-state index is -4.85. The summed E-state index contributed by atoms with van der Waals surface area (Å²) in [5, 5.41) is 27.5. The van der Waals surface area contributed by atoms with Crippen molar-refractivity contribution >= 4 is 29.2 Å². The molecule has 3 heterocycles. The molecule has 0 aromatic carbocycles. The lowest BCUT2D eigenvalue weighted by atomic mass is 9.99. The number of β-amino-alcohol motifs (C(OH)–C–C–N with tert-alkyl or cyclic N) is 1. The number of rotatable bonds is 4. The highest BCUT2D eigenvalue weighted by Crippen LogP contribution is 2.55. The number of aliphatic hydroxyl groups is 1. The minimum absolute atomic E-state index is 0.0213. The van der Waals surface area contributed by atoms with Crippen molar-refractivity contribution in [3.8, 4) is 6.07 Å². The molecule has 0 spiro atoms. The first-order valence-corrected chi connectivity index (χ1v) is 9.54. The van der Waals surface area contributed by atoms with Crippen LogP contribution < -0.4 is 9.80 Å². The molecule has 0 radical (unpaired) electrons. The fourth-order valence-corrected chi connectivity index (χ4v) is 4.89. The number of alkyl halides is 3. The number of carbonyl (C=O) groups is 1. The van der Waals surface area contributed by atoms with Gasteiger partial charge in [0.25, 0.3) is 0 Å². The summed E-state index contributed by atoms with van der Waals surface area (Å²) in [6.45, 7) is 2.46. The Labute approximate surface area is 169 Å². The molecular formula is C18H18ClF3N4O3. The van der Waals surface area contributed by atoms with Gasteiger partial charge in [-0.3, -0.25) is 4.79 Å². The van der Waals surface area contributed by atoms with E-state index in [4.69, 9.17) is 16.7 Å². The highest BCUT2D eigenvalue weighted by molar-refractivity contribution is 6.34. The van der Waals surface area contributed by atoms with Gasteiger partial charge in [-0.05, 0) is 24.7 Å². The van der Waals surface area contributed by atoms with Crippen molar-refractivity contribution in [1.29, 1.82) is 5.26 Å². The number of nitriles is 1. The van der Waals surface area contributed by atoms with Gasteiger partial charge in [0.2, 0.25) is 0 Å². The summed E-state index contributed by atoms with van der Waals surface area (Å²) < 4.78 is 41.3. The summed E-state index contributed by atoms with van der Waals surface area (Å²) in [6.07, 6.45) is -5.52. The fraction of sp³-hybridized carbons (Fsp3) is 0.611. The number of aliphatic hydroxyl groups excluding tert-OH is 1. The van der Waals surface area contributed by atoms with Crippen LogP contribution in [0, 0.1) is 29.1 Å². The third-order valence-corrected chi connectivity index (χ3v) is 6.64. The second-order valence-corrected chi connectivity index (χ2v) is 8.27. The van der Waals surface area contributed by atoms with E-state index in [1.807, 2.05) is 0 Å². The van der Waals surface area contributed by atoms with Gasteiger partial charge in [-0.15, -0.1) is 0 Å². The van der Waals surface area contributed by atoms with Crippen molar-refractivity contribution in [3.05, 3.63) is 16.1 Å². The Balaban J connectivity index is 1.72. The number of aromatic nitrogens is 1. The van der Waals surface area contributed by atoms with Gasteiger partial charge in [0.15, 0.2) is 5.82 Å². The Morgan fingerprint density at radius 1 is 1.31 bits per heavy atom. The lowest BCUT2D eigenvalue weighted by Gasteiger charge is -2.45. The summed E-state index contributed by atoms with van der Waals surface area (Å²) in [5.74, 6) is -0.891. The number of anilines is 2. The van der Waals surface area contributed by atoms with E-state index >= 15 is 0 Å². The smallest absolute Gasteiger partial charge is 0.419 e. The highest BCUT2D eigenvalue weighted by atomic mass is 35.5. The van der Waals surface area contributed by atoms with Crippen LogP contribution in [0.4, 0.5) is 24.8 Å². The largest absolute Gasteiger partial charge is 0.481 e. The zero-order chi connectivity index (χ0) is 21.2. The van der Waals surface area contributed by atoms with E-state index in [2.05, 4.69) is 4.98 Å². The average molecular weight is 431 g/mol. The van der Waals surface area contributed by atoms with Gasteiger partial charge in [-0.2, -0.15) is 18.4 Å². The van der Waals surface area contributed by atoms with Crippen LogP contribution >= 0.6 is 11.6 Å². The molecule has 1 aromatic heterocycles. The zero-order valence-corrected chi connectivity index (χ0v) is 16.1.